The van der Waals surface area contributed by atoms with Gasteiger partial charge in [-0.25, -0.2) is 9.37 Å². The van der Waals surface area contributed by atoms with Crippen molar-refractivity contribution in [3.05, 3.63) is 70.6 Å². The summed E-state index contributed by atoms with van der Waals surface area (Å²) >= 11 is 0. The lowest BCUT2D eigenvalue weighted by molar-refractivity contribution is -0.0587. The molecule has 5 rings (SSSR count). The van der Waals surface area contributed by atoms with Gasteiger partial charge in [0.15, 0.2) is 11.6 Å². The number of likely N-dealkylation sites (N-methyl/N-ethyl adjacent to an activating group) is 1. The number of benzene rings is 1. The third-order valence-electron chi connectivity index (χ3n) is 7.41. The molecule has 3 aromatic rings. The molecule has 196 valence electrons. The van der Waals surface area contributed by atoms with Crippen molar-refractivity contribution in [1.29, 1.82) is 0 Å². The van der Waals surface area contributed by atoms with E-state index in [2.05, 4.69) is 33.3 Å². The highest BCUT2D eigenvalue weighted by molar-refractivity contribution is 5.97. The zero-order valence-electron chi connectivity index (χ0n) is 21.7. The average molecular weight is 509 g/mol. The van der Waals surface area contributed by atoms with E-state index in [4.69, 9.17) is 9.47 Å². The second kappa shape index (κ2) is 10.5. The van der Waals surface area contributed by atoms with E-state index < -0.39 is 5.82 Å². The number of nitrogens with zero attached hydrogens (tertiary/aromatic N) is 5. The largest absolute Gasteiger partial charge is 0.494 e. The monoisotopic (exact) mass is 508 g/mol. The maximum absolute atomic E-state index is 13.9. The number of amides is 1. The number of hydrogen-bond acceptors (Lipinski definition) is 7. The van der Waals surface area contributed by atoms with Gasteiger partial charge in [-0.05, 0) is 43.1 Å². The molecule has 2 aromatic heterocycles. The lowest BCUT2D eigenvalue weighted by Gasteiger charge is -2.37. The molecule has 37 heavy (non-hydrogen) atoms. The number of pyridine rings is 1. The molecule has 1 atom stereocenters. The smallest absolute Gasteiger partial charge is 0.254 e. The van der Waals surface area contributed by atoms with Crippen LogP contribution in [0.25, 0.3) is 0 Å². The molecular weight excluding hydrogens is 475 g/mol. The van der Waals surface area contributed by atoms with E-state index in [0.29, 0.717) is 30.4 Å². The maximum Gasteiger partial charge on any atom is 0.254 e. The van der Waals surface area contributed by atoms with Crippen molar-refractivity contribution < 1.29 is 18.7 Å². The zero-order valence-corrected chi connectivity index (χ0v) is 21.7. The minimum absolute atomic E-state index is 0.0453. The summed E-state index contributed by atoms with van der Waals surface area (Å²) in [5.74, 6) is 0.316. The van der Waals surface area contributed by atoms with Crippen LogP contribution in [0.2, 0.25) is 0 Å². The van der Waals surface area contributed by atoms with E-state index in [1.165, 1.54) is 7.11 Å². The van der Waals surface area contributed by atoms with Crippen LogP contribution in [0.1, 0.15) is 45.7 Å². The highest BCUT2D eigenvalue weighted by Crippen LogP contribution is 2.32. The van der Waals surface area contributed by atoms with Crippen LogP contribution in [-0.4, -0.2) is 77.2 Å². The maximum atomic E-state index is 13.9. The van der Waals surface area contributed by atoms with Crippen LogP contribution in [0.4, 0.5) is 10.3 Å². The van der Waals surface area contributed by atoms with Gasteiger partial charge in [0.2, 0.25) is 5.95 Å². The minimum Gasteiger partial charge on any atom is -0.494 e. The molecule has 2 aliphatic heterocycles. The first kappa shape index (κ1) is 25.2. The Morgan fingerprint density at radius 3 is 2.81 bits per heavy atom. The van der Waals surface area contributed by atoms with Crippen LogP contribution in [0.3, 0.4) is 0 Å². The number of methoxy groups -OCH3 is 1. The van der Waals surface area contributed by atoms with Crippen molar-refractivity contribution in [2.24, 2.45) is 0 Å². The Balaban J connectivity index is 1.48. The van der Waals surface area contributed by atoms with Crippen LogP contribution >= 0.6 is 0 Å². The summed E-state index contributed by atoms with van der Waals surface area (Å²) in [6, 6.07) is 5.84. The van der Waals surface area contributed by atoms with Gasteiger partial charge in [-0.2, -0.15) is 0 Å². The quantitative estimate of drug-likeness (QED) is 0.476. The average Bonchev–Trinajstić information content (AvgIpc) is 3.30. The summed E-state index contributed by atoms with van der Waals surface area (Å²) in [5, 5.41) is 3.11. The number of anilines is 1. The Morgan fingerprint density at radius 2 is 2.11 bits per heavy atom. The van der Waals surface area contributed by atoms with Crippen LogP contribution in [0.15, 0.2) is 36.8 Å². The number of carbonyl (C=O) groups excluding carboxylic acids is 1. The first-order chi connectivity index (χ1) is 17.9. The highest BCUT2D eigenvalue weighted by Gasteiger charge is 2.32. The van der Waals surface area contributed by atoms with Gasteiger partial charge < -0.3 is 24.3 Å². The molecule has 0 bridgehead atoms. The number of hydrogen-bond donors (Lipinski definition) is 1. The highest BCUT2D eigenvalue weighted by atomic mass is 19.1. The first-order valence-corrected chi connectivity index (χ1v) is 12.5. The van der Waals surface area contributed by atoms with Crippen LogP contribution in [-0.2, 0) is 24.2 Å². The fraction of sp³-hybridized carbons (Fsp3) is 0.444. The van der Waals surface area contributed by atoms with Gasteiger partial charge in [-0.1, -0.05) is 6.07 Å². The molecule has 10 heteroatoms. The number of ether oxygens (including phenoxy) is 2. The molecule has 0 aliphatic carbocycles. The Hall–Kier alpha value is -3.50. The van der Waals surface area contributed by atoms with E-state index in [1.807, 2.05) is 35.7 Å². The molecule has 9 nitrogen and oxygen atoms in total. The van der Waals surface area contributed by atoms with Gasteiger partial charge in [-0.15, -0.1) is 0 Å². The van der Waals surface area contributed by atoms with Gasteiger partial charge in [0, 0.05) is 44.2 Å². The van der Waals surface area contributed by atoms with Crippen molar-refractivity contribution in [2.75, 3.05) is 46.3 Å². The van der Waals surface area contributed by atoms with Crippen molar-refractivity contribution >= 4 is 11.9 Å². The van der Waals surface area contributed by atoms with E-state index in [0.717, 1.165) is 55.0 Å². The van der Waals surface area contributed by atoms with Crippen molar-refractivity contribution in [3.63, 3.8) is 0 Å². The second-order valence-corrected chi connectivity index (χ2v) is 9.68. The summed E-state index contributed by atoms with van der Waals surface area (Å²) in [5.41, 5.74) is 4.59. The van der Waals surface area contributed by atoms with Gasteiger partial charge in [0.25, 0.3) is 5.91 Å². The number of imidazole rings is 1. The van der Waals surface area contributed by atoms with E-state index >= 15 is 0 Å². The number of rotatable bonds is 9. The third kappa shape index (κ3) is 4.91. The summed E-state index contributed by atoms with van der Waals surface area (Å²) < 4.78 is 26.5. The molecule has 2 aliphatic rings. The number of halogens is 1. The van der Waals surface area contributed by atoms with Crippen LogP contribution < -0.4 is 10.1 Å². The summed E-state index contributed by atoms with van der Waals surface area (Å²) in [6.07, 6.45) is 5.57. The number of aromatic nitrogens is 3. The van der Waals surface area contributed by atoms with Gasteiger partial charge >= 0.3 is 0 Å². The first-order valence-electron chi connectivity index (χ1n) is 12.5. The molecule has 0 unspecified atom stereocenters. The fourth-order valence-electron chi connectivity index (χ4n) is 5.09. The molecule has 0 radical (unpaired) electrons. The summed E-state index contributed by atoms with van der Waals surface area (Å²) in [6.45, 7) is 5.28. The van der Waals surface area contributed by atoms with E-state index in [1.54, 1.807) is 12.3 Å². The van der Waals surface area contributed by atoms with E-state index in [-0.39, 0.29) is 17.7 Å². The van der Waals surface area contributed by atoms with Crippen LogP contribution in [0, 0.1) is 5.82 Å². The van der Waals surface area contributed by atoms with Crippen molar-refractivity contribution in [2.45, 2.75) is 38.5 Å². The van der Waals surface area contributed by atoms with Crippen LogP contribution in [0.5, 0.6) is 5.75 Å². The zero-order chi connectivity index (χ0) is 26.1. The van der Waals surface area contributed by atoms with Gasteiger partial charge in [0.05, 0.1) is 50.8 Å². The Kier molecular flexibility index (Phi) is 7.12. The fourth-order valence-corrected chi connectivity index (χ4v) is 5.09. The lowest BCUT2D eigenvalue weighted by Crippen LogP contribution is -2.47. The number of nitrogens with one attached hydrogen (secondary N) is 1. The predicted octanol–water partition coefficient (Wildman–Crippen LogP) is 3.11. The normalized spacial score (nSPS) is 16.5. The molecule has 1 amide bonds. The Morgan fingerprint density at radius 1 is 1.30 bits per heavy atom. The SMILES string of the molecule is CNc1nccn1Cc1cc(CN(C)C2COC2)c2c(c1)C(=O)N([C@@H](C)c1cc(OC)c(F)cn1)CC2. The molecule has 0 spiro atoms. The summed E-state index contributed by atoms with van der Waals surface area (Å²) in [7, 11) is 5.37. The molecule has 4 heterocycles. The number of carbonyl (C=O) groups is 1. The molecule has 1 fully saturated rings. The number of fused-ring (bicyclic) bond motifs is 1. The molecule has 1 aromatic carbocycles. The third-order valence-corrected chi connectivity index (χ3v) is 7.41. The van der Waals surface area contributed by atoms with Gasteiger partial charge in [-0.3, -0.25) is 14.7 Å². The van der Waals surface area contributed by atoms with E-state index in [9.17, 15) is 9.18 Å². The van der Waals surface area contributed by atoms with Crippen molar-refractivity contribution in [1.82, 2.24) is 24.3 Å². The van der Waals surface area contributed by atoms with Crippen molar-refractivity contribution in [3.8, 4) is 5.75 Å². The lowest BCUT2D eigenvalue weighted by atomic mass is 9.90. The minimum atomic E-state index is -0.524. The topological polar surface area (TPSA) is 84.8 Å². The Bertz CT molecular complexity index is 1290. The molecule has 1 saturated heterocycles. The molecule has 0 saturated carbocycles. The molecule has 1 N–H and O–H groups in total. The second-order valence-electron chi connectivity index (χ2n) is 9.68. The van der Waals surface area contributed by atoms with Gasteiger partial charge in [0.1, 0.15) is 0 Å². The summed E-state index contributed by atoms with van der Waals surface area (Å²) in [4.78, 5) is 26.6. The Labute approximate surface area is 216 Å². The standard InChI is InChI=1S/C27H33FN6O3/c1-17(24-11-25(36-4)23(28)12-31-24)34-7-5-21-19(14-32(3)20-15-37-16-20)9-18(10-22(21)26(34)35)13-33-8-6-30-27(33)29-2/h6,8-12,17,20H,5,7,13-16H2,1-4H3,(H,29,30)/t17-/m0/s1. The molecular formula is C27H33FN6O3. The predicted molar refractivity (Wildman–Crippen MR) is 137 cm³/mol.